The molecule has 0 aliphatic carbocycles. The number of carbonyl (C=O) groups is 2. The molecule has 6 heteroatoms. The van der Waals surface area contributed by atoms with Gasteiger partial charge in [0.2, 0.25) is 5.91 Å². The maximum atomic E-state index is 12.5. The van der Waals surface area contributed by atoms with Gasteiger partial charge in [0, 0.05) is 31.5 Å². The van der Waals surface area contributed by atoms with Gasteiger partial charge in [0.25, 0.3) is 5.91 Å². The van der Waals surface area contributed by atoms with E-state index in [-0.39, 0.29) is 18.1 Å². The maximum Gasteiger partial charge on any atom is 0.267 e. The van der Waals surface area contributed by atoms with Crippen molar-refractivity contribution in [3.8, 4) is 0 Å². The minimum Gasteiger partial charge on any atom is -0.364 e. The van der Waals surface area contributed by atoms with Gasteiger partial charge in [0.15, 0.2) is 0 Å². The molecule has 1 aliphatic rings. The minimum atomic E-state index is -0.568. The van der Waals surface area contributed by atoms with E-state index in [2.05, 4.69) is 11.1 Å². The number of primary amides is 1. The van der Waals surface area contributed by atoms with Crippen LogP contribution in [0.25, 0.3) is 0 Å². The fourth-order valence-corrected chi connectivity index (χ4v) is 2.88. The van der Waals surface area contributed by atoms with Crippen molar-refractivity contribution in [3.63, 3.8) is 0 Å². The lowest BCUT2D eigenvalue weighted by Gasteiger charge is -2.35. The summed E-state index contributed by atoms with van der Waals surface area (Å²) in [5.74, 6) is -0.499. The molecule has 1 aromatic carbocycles. The SMILES string of the molecule is Cc1cccc(CN2CCN(c3ccnc(C(N)=O)c3)CC2=O)c1. The van der Waals surface area contributed by atoms with Crippen molar-refractivity contribution in [2.24, 2.45) is 5.73 Å². The molecule has 24 heavy (non-hydrogen) atoms. The van der Waals surface area contributed by atoms with Crippen molar-refractivity contribution in [2.45, 2.75) is 13.5 Å². The predicted octanol–water partition coefficient (Wildman–Crippen LogP) is 1.34. The van der Waals surface area contributed by atoms with Crippen LogP contribution in [0.4, 0.5) is 5.69 Å². The number of aryl methyl sites for hydroxylation is 1. The van der Waals surface area contributed by atoms with E-state index in [0.717, 1.165) is 11.3 Å². The first-order valence-corrected chi connectivity index (χ1v) is 7.87. The van der Waals surface area contributed by atoms with Crippen molar-refractivity contribution >= 4 is 17.5 Å². The highest BCUT2D eigenvalue weighted by atomic mass is 16.2. The second kappa shape index (κ2) is 6.70. The third kappa shape index (κ3) is 3.53. The molecule has 2 N–H and O–H groups in total. The number of nitrogens with two attached hydrogens (primary N) is 1. The van der Waals surface area contributed by atoms with Crippen LogP contribution in [0.15, 0.2) is 42.6 Å². The number of benzene rings is 1. The highest BCUT2D eigenvalue weighted by Crippen LogP contribution is 2.18. The van der Waals surface area contributed by atoms with E-state index in [0.29, 0.717) is 19.6 Å². The average Bonchev–Trinajstić information content (AvgIpc) is 2.57. The molecule has 0 saturated carbocycles. The molecular formula is C18H20N4O2. The summed E-state index contributed by atoms with van der Waals surface area (Å²) in [6.07, 6.45) is 1.54. The number of rotatable bonds is 4. The monoisotopic (exact) mass is 324 g/mol. The molecule has 0 atom stereocenters. The van der Waals surface area contributed by atoms with E-state index >= 15 is 0 Å². The standard InChI is InChI=1S/C18H20N4O2/c1-13-3-2-4-14(9-13)11-22-8-7-21(12-17(22)23)15-5-6-20-16(10-15)18(19)24/h2-6,9-10H,7-8,11-12H2,1H3,(H2,19,24). The van der Waals surface area contributed by atoms with Crippen LogP contribution in [-0.4, -0.2) is 41.3 Å². The molecule has 1 saturated heterocycles. The van der Waals surface area contributed by atoms with E-state index in [1.165, 1.54) is 5.56 Å². The van der Waals surface area contributed by atoms with Gasteiger partial charge < -0.3 is 15.5 Å². The van der Waals surface area contributed by atoms with Crippen LogP contribution < -0.4 is 10.6 Å². The summed E-state index contributed by atoms with van der Waals surface area (Å²) in [4.78, 5) is 31.5. The average molecular weight is 324 g/mol. The van der Waals surface area contributed by atoms with E-state index in [1.54, 1.807) is 18.3 Å². The largest absolute Gasteiger partial charge is 0.364 e. The summed E-state index contributed by atoms with van der Waals surface area (Å²) in [7, 11) is 0. The molecule has 0 bridgehead atoms. The number of hydrogen-bond acceptors (Lipinski definition) is 4. The second-order valence-corrected chi connectivity index (χ2v) is 5.99. The summed E-state index contributed by atoms with van der Waals surface area (Å²) >= 11 is 0. The van der Waals surface area contributed by atoms with Gasteiger partial charge >= 0.3 is 0 Å². The van der Waals surface area contributed by atoms with E-state index in [4.69, 9.17) is 5.73 Å². The first kappa shape index (κ1) is 16.0. The second-order valence-electron chi connectivity index (χ2n) is 5.99. The number of hydrogen-bond donors (Lipinski definition) is 1. The van der Waals surface area contributed by atoms with Gasteiger partial charge in [0.05, 0.1) is 6.54 Å². The molecule has 3 rings (SSSR count). The zero-order chi connectivity index (χ0) is 17.1. The quantitative estimate of drug-likeness (QED) is 0.920. The Hall–Kier alpha value is -2.89. The zero-order valence-electron chi connectivity index (χ0n) is 13.6. The smallest absolute Gasteiger partial charge is 0.267 e. The Morgan fingerprint density at radius 2 is 2.08 bits per heavy atom. The lowest BCUT2D eigenvalue weighted by atomic mass is 10.1. The molecule has 0 unspecified atom stereocenters. The number of piperazine rings is 1. The van der Waals surface area contributed by atoms with Crippen LogP contribution in [0.1, 0.15) is 21.6 Å². The van der Waals surface area contributed by atoms with E-state index in [1.807, 2.05) is 34.9 Å². The molecule has 2 aromatic rings. The minimum absolute atomic E-state index is 0.0696. The molecule has 124 valence electrons. The number of amides is 2. The lowest BCUT2D eigenvalue weighted by Crippen LogP contribution is -2.50. The summed E-state index contributed by atoms with van der Waals surface area (Å²) in [5, 5.41) is 0. The Labute approximate surface area is 140 Å². The molecule has 2 heterocycles. The van der Waals surface area contributed by atoms with E-state index in [9.17, 15) is 9.59 Å². The van der Waals surface area contributed by atoms with Crippen LogP contribution in [0.5, 0.6) is 0 Å². The van der Waals surface area contributed by atoms with Gasteiger partial charge in [-0.3, -0.25) is 14.6 Å². The molecule has 1 aromatic heterocycles. The summed E-state index contributed by atoms with van der Waals surface area (Å²) in [6, 6.07) is 11.6. The van der Waals surface area contributed by atoms with Gasteiger partial charge in [0.1, 0.15) is 5.69 Å². The van der Waals surface area contributed by atoms with Crippen LogP contribution in [0, 0.1) is 6.92 Å². The highest BCUT2D eigenvalue weighted by Gasteiger charge is 2.24. The number of anilines is 1. The summed E-state index contributed by atoms with van der Waals surface area (Å²) in [6.45, 7) is 4.30. The van der Waals surface area contributed by atoms with E-state index < -0.39 is 5.91 Å². The lowest BCUT2D eigenvalue weighted by molar-refractivity contribution is -0.131. The van der Waals surface area contributed by atoms with Crippen molar-refractivity contribution < 1.29 is 9.59 Å². The number of aromatic nitrogens is 1. The molecular weight excluding hydrogens is 304 g/mol. The van der Waals surface area contributed by atoms with Crippen molar-refractivity contribution in [1.82, 2.24) is 9.88 Å². The Balaban J connectivity index is 1.68. The fraction of sp³-hybridized carbons (Fsp3) is 0.278. The molecule has 0 spiro atoms. The third-order valence-electron chi connectivity index (χ3n) is 4.14. The topological polar surface area (TPSA) is 79.5 Å². The summed E-state index contributed by atoms with van der Waals surface area (Å²) in [5.41, 5.74) is 8.59. The zero-order valence-corrected chi connectivity index (χ0v) is 13.6. The van der Waals surface area contributed by atoms with Crippen LogP contribution in [0.3, 0.4) is 0 Å². The third-order valence-corrected chi connectivity index (χ3v) is 4.14. The van der Waals surface area contributed by atoms with Crippen LogP contribution >= 0.6 is 0 Å². The van der Waals surface area contributed by atoms with Gasteiger partial charge in [-0.05, 0) is 24.6 Å². The fourth-order valence-electron chi connectivity index (χ4n) is 2.88. The van der Waals surface area contributed by atoms with Crippen LogP contribution in [0.2, 0.25) is 0 Å². The van der Waals surface area contributed by atoms with Gasteiger partial charge in [-0.25, -0.2) is 0 Å². The first-order chi connectivity index (χ1) is 11.5. The maximum absolute atomic E-state index is 12.5. The Kier molecular flexibility index (Phi) is 4.46. The Morgan fingerprint density at radius 1 is 1.25 bits per heavy atom. The molecule has 0 radical (unpaired) electrons. The molecule has 1 fully saturated rings. The Morgan fingerprint density at radius 3 is 2.79 bits per heavy atom. The highest BCUT2D eigenvalue weighted by molar-refractivity contribution is 5.92. The molecule has 2 amide bonds. The summed E-state index contributed by atoms with van der Waals surface area (Å²) < 4.78 is 0. The number of pyridine rings is 1. The number of nitrogens with zero attached hydrogens (tertiary/aromatic N) is 3. The van der Waals surface area contributed by atoms with Crippen molar-refractivity contribution in [3.05, 3.63) is 59.4 Å². The van der Waals surface area contributed by atoms with Gasteiger partial charge in [-0.1, -0.05) is 29.8 Å². The molecule has 1 aliphatic heterocycles. The van der Waals surface area contributed by atoms with Gasteiger partial charge in [-0.15, -0.1) is 0 Å². The predicted molar refractivity (Wildman–Crippen MR) is 91.6 cm³/mol. The van der Waals surface area contributed by atoms with Crippen LogP contribution in [-0.2, 0) is 11.3 Å². The Bertz CT molecular complexity index is 775. The first-order valence-electron chi connectivity index (χ1n) is 7.87. The molecule has 6 nitrogen and oxygen atoms in total. The number of carbonyl (C=O) groups excluding carboxylic acids is 2. The van der Waals surface area contributed by atoms with Gasteiger partial charge in [-0.2, -0.15) is 0 Å². The van der Waals surface area contributed by atoms with Crippen molar-refractivity contribution in [2.75, 3.05) is 24.5 Å². The van der Waals surface area contributed by atoms with Crippen molar-refractivity contribution in [1.29, 1.82) is 0 Å². The normalized spacial score (nSPS) is 14.8.